The van der Waals surface area contributed by atoms with Gasteiger partial charge in [-0.25, -0.2) is 0 Å². The van der Waals surface area contributed by atoms with Crippen LogP contribution in [0.3, 0.4) is 0 Å². The number of allylic oxidation sites excluding steroid dienone is 3. The first kappa shape index (κ1) is 16.7. The van der Waals surface area contributed by atoms with Crippen molar-refractivity contribution in [3.05, 3.63) is 35.6 Å². The van der Waals surface area contributed by atoms with E-state index in [4.69, 9.17) is 4.99 Å². The quantitative estimate of drug-likeness (QED) is 0.713. The van der Waals surface area contributed by atoms with Gasteiger partial charge in [-0.3, -0.25) is 4.99 Å². The molecule has 0 radical (unpaired) electrons. The predicted octanol–water partition coefficient (Wildman–Crippen LogP) is 5.18. The highest BCUT2D eigenvalue weighted by atomic mass is 15.0. The summed E-state index contributed by atoms with van der Waals surface area (Å²) in [5, 5.41) is 3.97. The van der Waals surface area contributed by atoms with Crippen molar-refractivity contribution >= 4 is 5.71 Å². The van der Waals surface area contributed by atoms with Crippen LogP contribution in [0, 0.1) is 10.8 Å². The molecule has 3 rings (SSSR count). The van der Waals surface area contributed by atoms with Gasteiger partial charge in [0.1, 0.15) is 0 Å². The van der Waals surface area contributed by atoms with Crippen molar-refractivity contribution in [2.75, 3.05) is 0 Å². The molecule has 0 aromatic carbocycles. The Morgan fingerprint density at radius 1 is 1.22 bits per heavy atom. The third-order valence-corrected chi connectivity index (χ3v) is 5.52. The fourth-order valence-corrected chi connectivity index (χ4v) is 4.88. The van der Waals surface area contributed by atoms with Crippen LogP contribution in [0.15, 0.2) is 40.6 Å². The summed E-state index contributed by atoms with van der Waals surface area (Å²) in [6.45, 7) is 11.7. The van der Waals surface area contributed by atoms with Crippen molar-refractivity contribution < 1.29 is 0 Å². The Balaban J connectivity index is 1.94. The largest absolute Gasteiger partial charge is 0.306 e. The van der Waals surface area contributed by atoms with E-state index in [-0.39, 0.29) is 10.8 Å². The van der Waals surface area contributed by atoms with Gasteiger partial charge in [-0.2, -0.15) is 0 Å². The second-order valence-electron chi connectivity index (χ2n) is 8.68. The lowest BCUT2D eigenvalue weighted by atomic mass is 9.77. The zero-order chi connectivity index (χ0) is 16.7. The summed E-state index contributed by atoms with van der Waals surface area (Å²) in [6, 6.07) is 0.992. The summed E-state index contributed by atoms with van der Waals surface area (Å²) in [6.07, 6.45) is 14.8. The smallest absolute Gasteiger partial charge is 0.0476 e. The van der Waals surface area contributed by atoms with E-state index in [1.165, 1.54) is 17.8 Å². The minimum Gasteiger partial charge on any atom is -0.306 e. The van der Waals surface area contributed by atoms with Gasteiger partial charge < -0.3 is 5.32 Å². The van der Waals surface area contributed by atoms with Crippen molar-refractivity contribution in [1.82, 2.24) is 5.32 Å². The SMILES string of the molecule is CCC=CCC1C/C=C\C2=NC3=C(C(C2)N1)C(C)(C)CC3(C)C. The maximum absolute atomic E-state index is 5.07. The summed E-state index contributed by atoms with van der Waals surface area (Å²) in [7, 11) is 0. The number of nitrogens with one attached hydrogen (secondary N) is 1. The van der Waals surface area contributed by atoms with Crippen LogP contribution in [-0.2, 0) is 0 Å². The van der Waals surface area contributed by atoms with Gasteiger partial charge in [0, 0.05) is 35.3 Å². The average molecular weight is 313 g/mol. The topological polar surface area (TPSA) is 24.4 Å². The third kappa shape index (κ3) is 3.24. The lowest BCUT2D eigenvalue weighted by molar-refractivity contribution is 0.303. The van der Waals surface area contributed by atoms with Gasteiger partial charge in [-0.15, -0.1) is 0 Å². The van der Waals surface area contributed by atoms with Crippen molar-refractivity contribution in [3.8, 4) is 0 Å². The highest BCUT2D eigenvalue weighted by Gasteiger charge is 2.48. The van der Waals surface area contributed by atoms with Gasteiger partial charge in [0.05, 0.1) is 0 Å². The molecular formula is C21H32N2. The molecule has 0 saturated heterocycles. The highest BCUT2D eigenvalue weighted by Crippen LogP contribution is 2.56. The van der Waals surface area contributed by atoms with Crippen LogP contribution in [0.5, 0.6) is 0 Å². The zero-order valence-corrected chi connectivity index (χ0v) is 15.4. The highest BCUT2D eigenvalue weighted by molar-refractivity contribution is 5.97. The van der Waals surface area contributed by atoms with Crippen LogP contribution >= 0.6 is 0 Å². The molecule has 126 valence electrons. The maximum Gasteiger partial charge on any atom is 0.0476 e. The summed E-state index contributed by atoms with van der Waals surface area (Å²) < 4.78 is 0. The first-order valence-corrected chi connectivity index (χ1v) is 9.24. The molecule has 2 bridgehead atoms. The van der Waals surface area contributed by atoms with E-state index >= 15 is 0 Å². The van der Waals surface area contributed by atoms with Gasteiger partial charge in [-0.1, -0.05) is 52.8 Å². The molecule has 2 nitrogen and oxygen atoms in total. The molecule has 0 aromatic heterocycles. The molecule has 0 fully saturated rings. The Hall–Kier alpha value is -1.15. The average Bonchev–Trinajstić information content (AvgIpc) is 2.62. The molecule has 23 heavy (non-hydrogen) atoms. The standard InChI is InChI=1S/C21H32N2/c1-6-7-8-10-15-11-9-12-16-13-17(22-15)18-19(23-16)21(4,5)14-20(18,2)3/h7-9,12,15,17,22H,6,10-11,13-14H2,1-5H3/b8-7?,12-9-. The molecule has 2 aliphatic heterocycles. The van der Waals surface area contributed by atoms with E-state index in [1.54, 1.807) is 5.57 Å². The minimum absolute atomic E-state index is 0.190. The lowest BCUT2D eigenvalue weighted by Crippen LogP contribution is -2.44. The molecule has 0 saturated carbocycles. The first-order valence-electron chi connectivity index (χ1n) is 9.24. The molecule has 2 atom stereocenters. The summed E-state index contributed by atoms with van der Waals surface area (Å²) in [5.41, 5.74) is 4.63. The Kier molecular flexibility index (Phi) is 4.39. The van der Waals surface area contributed by atoms with E-state index in [0.29, 0.717) is 12.1 Å². The molecule has 2 heteroatoms. The molecule has 0 spiro atoms. The minimum atomic E-state index is 0.190. The number of hydrogen-bond donors (Lipinski definition) is 1. The molecule has 0 amide bonds. The Morgan fingerprint density at radius 2 is 2.00 bits per heavy atom. The van der Waals surface area contributed by atoms with E-state index in [0.717, 1.165) is 25.7 Å². The normalized spacial score (nSPS) is 33.2. The van der Waals surface area contributed by atoms with E-state index in [9.17, 15) is 0 Å². The molecular weight excluding hydrogens is 280 g/mol. The molecule has 3 aliphatic rings. The van der Waals surface area contributed by atoms with Crippen molar-refractivity contribution in [3.63, 3.8) is 0 Å². The number of fused-ring (bicyclic) bond motifs is 3. The van der Waals surface area contributed by atoms with Gasteiger partial charge in [-0.05, 0) is 42.7 Å². The van der Waals surface area contributed by atoms with Crippen LogP contribution in [0.2, 0.25) is 0 Å². The fraction of sp³-hybridized carbons (Fsp3) is 0.667. The predicted molar refractivity (Wildman–Crippen MR) is 99.8 cm³/mol. The van der Waals surface area contributed by atoms with Crippen molar-refractivity contribution in [2.45, 2.75) is 78.8 Å². The Morgan fingerprint density at radius 3 is 2.74 bits per heavy atom. The molecule has 0 aromatic rings. The zero-order valence-electron chi connectivity index (χ0n) is 15.4. The van der Waals surface area contributed by atoms with Crippen LogP contribution in [0.1, 0.15) is 66.7 Å². The number of aliphatic imine (C=N–C) groups is 1. The van der Waals surface area contributed by atoms with Gasteiger partial charge in [0.15, 0.2) is 0 Å². The molecule has 1 N–H and O–H groups in total. The van der Waals surface area contributed by atoms with Gasteiger partial charge in [0.2, 0.25) is 0 Å². The van der Waals surface area contributed by atoms with Gasteiger partial charge >= 0.3 is 0 Å². The van der Waals surface area contributed by atoms with E-state index < -0.39 is 0 Å². The van der Waals surface area contributed by atoms with E-state index in [1.807, 2.05) is 0 Å². The lowest BCUT2D eigenvalue weighted by Gasteiger charge is -2.36. The van der Waals surface area contributed by atoms with Crippen molar-refractivity contribution in [2.24, 2.45) is 15.8 Å². The Bertz CT molecular complexity index is 587. The van der Waals surface area contributed by atoms with Crippen LogP contribution in [0.4, 0.5) is 0 Å². The number of rotatable bonds is 3. The number of nitrogens with zero attached hydrogens (tertiary/aromatic N) is 1. The second-order valence-corrected chi connectivity index (χ2v) is 8.68. The second kappa shape index (κ2) is 6.05. The van der Waals surface area contributed by atoms with E-state index in [2.05, 4.69) is 64.2 Å². The van der Waals surface area contributed by atoms with Crippen LogP contribution in [-0.4, -0.2) is 17.8 Å². The van der Waals surface area contributed by atoms with Crippen LogP contribution < -0.4 is 5.32 Å². The molecule has 2 unspecified atom stereocenters. The monoisotopic (exact) mass is 312 g/mol. The summed E-state index contributed by atoms with van der Waals surface area (Å²) in [4.78, 5) is 5.07. The number of hydrogen-bond acceptors (Lipinski definition) is 2. The van der Waals surface area contributed by atoms with Crippen molar-refractivity contribution in [1.29, 1.82) is 0 Å². The van der Waals surface area contributed by atoms with Crippen LogP contribution in [0.25, 0.3) is 0 Å². The summed E-state index contributed by atoms with van der Waals surface area (Å²) >= 11 is 0. The third-order valence-electron chi connectivity index (χ3n) is 5.52. The van der Waals surface area contributed by atoms with Gasteiger partial charge in [0.25, 0.3) is 0 Å². The maximum atomic E-state index is 5.07. The molecule has 2 heterocycles. The molecule has 1 aliphatic carbocycles. The fourth-order valence-electron chi connectivity index (χ4n) is 4.88. The summed E-state index contributed by atoms with van der Waals surface area (Å²) in [5.74, 6) is 0. The Labute approximate surface area is 141 Å². The first-order chi connectivity index (χ1) is 10.8.